The van der Waals surface area contributed by atoms with Crippen molar-refractivity contribution >= 4 is 22.7 Å². The van der Waals surface area contributed by atoms with Gasteiger partial charge in [-0.1, -0.05) is 66.7 Å². The maximum absolute atomic E-state index is 13.9. The molecule has 1 aromatic heterocycles. The lowest BCUT2D eigenvalue weighted by Gasteiger charge is -2.40. The quantitative estimate of drug-likeness (QED) is 0.516. The number of hydrogen-bond donors (Lipinski definition) is 1. The molecule has 1 aliphatic heterocycles. The van der Waals surface area contributed by atoms with Crippen molar-refractivity contribution in [3.05, 3.63) is 107 Å². The lowest BCUT2D eigenvalue weighted by Crippen LogP contribution is -2.45. The normalized spacial score (nSPS) is 17.9. The Morgan fingerprint density at radius 1 is 0.938 bits per heavy atom. The van der Waals surface area contributed by atoms with Crippen molar-refractivity contribution in [2.24, 2.45) is 0 Å². The van der Waals surface area contributed by atoms with Gasteiger partial charge in [-0.2, -0.15) is 0 Å². The highest BCUT2D eigenvalue weighted by molar-refractivity contribution is 6.02. The zero-order valence-corrected chi connectivity index (χ0v) is 18.2. The van der Waals surface area contributed by atoms with Crippen LogP contribution in [0.15, 0.2) is 85.1 Å². The van der Waals surface area contributed by atoms with Gasteiger partial charge in [0.1, 0.15) is 0 Å². The second-order valence-electron chi connectivity index (χ2n) is 8.40. The van der Waals surface area contributed by atoms with Crippen LogP contribution in [0.25, 0.3) is 10.9 Å². The molecule has 2 atom stereocenters. The van der Waals surface area contributed by atoms with Crippen LogP contribution in [-0.2, 0) is 11.3 Å². The highest BCUT2D eigenvalue weighted by Crippen LogP contribution is 2.44. The van der Waals surface area contributed by atoms with Gasteiger partial charge < -0.3 is 14.8 Å². The molecule has 0 saturated carbocycles. The van der Waals surface area contributed by atoms with Crippen molar-refractivity contribution in [3.63, 3.8) is 0 Å². The van der Waals surface area contributed by atoms with Crippen LogP contribution in [0.5, 0.6) is 0 Å². The van der Waals surface area contributed by atoms with Crippen molar-refractivity contribution in [2.45, 2.75) is 18.5 Å². The Kier molecular flexibility index (Phi) is 5.02. The molecule has 4 aromatic rings. The lowest BCUT2D eigenvalue weighted by molar-refractivity contribution is -0.133. The summed E-state index contributed by atoms with van der Waals surface area (Å²) < 4.78 is 0. The van der Waals surface area contributed by atoms with E-state index in [9.17, 15) is 9.59 Å². The van der Waals surface area contributed by atoms with E-state index in [2.05, 4.69) is 4.98 Å². The summed E-state index contributed by atoms with van der Waals surface area (Å²) >= 11 is 0. The van der Waals surface area contributed by atoms with E-state index in [4.69, 9.17) is 0 Å². The molecule has 5 heteroatoms. The molecule has 1 N–H and O–H groups in total. The number of nitrogens with one attached hydrogen (secondary N) is 1. The standard InChI is InChI=1S/C27H25N3O2/c1-29(17-18-10-4-3-5-11-18)27(32)24-20-13-6-7-14-21(20)26(31)30(2)25(24)22-16-28-23-15-9-8-12-19(22)23/h3-16,24-25,28H,17H2,1-2H3. The first-order valence-electron chi connectivity index (χ1n) is 10.8. The molecule has 1 aliphatic rings. The highest BCUT2D eigenvalue weighted by Gasteiger charge is 2.44. The molecular weight excluding hydrogens is 398 g/mol. The molecule has 2 amide bonds. The highest BCUT2D eigenvalue weighted by atomic mass is 16.2. The number of H-pyrrole nitrogens is 1. The number of likely N-dealkylation sites (N-methyl/N-ethyl adjacent to an activating group) is 2. The van der Waals surface area contributed by atoms with Crippen LogP contribution in [0.3, 0.4) is 0 Å². The van der Waals surface area contributed by atoms with E-state index in [-0.39, 0.29) is 11.8 Å². The maximum Gasteiger partial charge on any atom is 0.254 e. The zero-order chi connectivity index (χ0) is 22.2. The number of para-hydroxylation sites is 1. The van der Waals surface area contributed by atoms with Crippen molar-refractivity contribution in [3.8, 4) is 0 Å². The Bertz CT molecular complexity index is 1290. The number of rotatable bonds is 4. The molecule has 2 unspecified atom stereocenters. The van der Waals surface area contributed by atoms with E-state index in [1.54, 1.807) is 16.8 Å². The van der Waals surface area contributed by atoms with Crippen LogP contribution in [0, 0.1) is 0 Å². The molecule has 0 saturated heterocycles. The minimum atomic E-state index is -0.498. The molecular formula is C27H25N3O2. The zero-order valence-electron chi connectivity index (χ0n) is 18.2. The summed E-state index contributed by atoms with van der Waals surface area (Å²) in [6.45, 7) is 0.511. The van der Waals surface area contributed by atoms with Gasteiger partial charge in [-0.3, -0.25) is 9.59 Å². The van der Waals surface area contributed by atoms with E-state index >= 15 is 0 Å². The first kappa shape index (κ1) is 20.1. The number of aromatic nitrogens is 1. The molecule has 0 bridgehead atoms. The first-order chi connectivity index (χ1) is 15.6. The van der Waals surface area contributed by atoms with E-state index in [0.29, 0.717) is 12.1 Å². The van der Waals surface area contributed by atoms with Gasteiger partial charge in [-0.15, -0.1) is 0 Å². The number of hydrogen-bond acceptors (Lipinski definition) is 2. The van der Waals surface area contributed by atoms with E-state index < -0.39 is 12.0 Å². The Morgan fingerprint density at radius 2 is 1.62 bits per heavy atom. The van der Waals surface area contributed by atoms with E-state index in [0.717, 1.165) is 27.6 Å². The maximum atomic E-state index is 13.9. The summed E-state index contributed by atoms with van der Waals surface area (Å²) in [6, 6.07) is 25.1. The van der Waals surface area contributed by atoms with Crippen LogP contribution in [0.4, 0.5) is 0 Å². The first-order valence-corrected chi connectivity index (χ1v) is 10.8. The summed E-state index contributed by atoms with van der Waals surface area (Å²) in [7, 11) is 3.63. The molecule has 3 aromatic carbocycles. The number of nitrogens with zero attached hydrogens (tertiary/aromatic N) is 2. The Morgan fingerprint density at radius 3 is 2.44 bits per heavy atom. The van der Waals surface area contributed by atoms with Crippen LogP contribution >= 0.6 is 0 Å². The second-order valence-corrected chi connectivity index (χ2v) is 8.40. The fraction of sp³-hybridized carbons (Fsp3) is 0.185. The Labute approximate surface area is 187 Å². The lowest BCUT2D eigenvalue weighted by atomic mass is 9.79. The molecule has 0 fully saturated rings. The van der Waals surface area contributed by atoms with E-state index in [1.165, 1.54) is 0 Å². The van der Waals surface area contributed by atoms with Crippen LogP contribution < -0.4 is 0 Å². The van der Waals surface area contributed by atoms with Crippen molar-refractivity contribution in [1.82, 2.24) is 14.8 Å². The SMILES string of the molecule is CN(Cc1ccccc1)C(=O)C1c2ccccc2C(=O)N(C)C1c1c[nH]c2ccccc12. The number of carbonyl (C=O) groups excluding carboxylic acids is 2. The third-order valence-electron chi connectivity index (χ3n) is 6.42. The average molecular weight is 424 g/mol. The fourth-order valence-electron chi connectivity index (χ4n) is 4.84. The summed E-state index contributed by atoms with van der Waals surface area (Å²) in [5, 5.41) is 1.03. The molecule has 2 heterocycles. The molecule has 0 spiro atoms. The number of carbonyl (C=O) groups is 2. The van der Waals surface area contributed by atoms with Gasteiger partial charge in [-0.25, -0.2) is 0 Å². The van der Waals surface area contributed by atoms with Crippen molar-refractivity contribution in [2.75, 3.05) is 14.1 Å². The Hall–Kier alpha value is -3.86. The topological polar surface area (TPSA) is 56.4 Å². The van der Waals surface area contributed by atoms with Gasteiger partial charge in [0.05, 0.1) is 12.0 Å². The predicted octanol–water partition coefficient (Wildman–Crippen LogP) is 4.74. The number of benzene rings is 3. The van der Waals surface area contributed by atoms with Gasteiger partial charge in [0.2, 0.25) is 5.91 Å². The minimum absolute atomic E-state index is 0.00376. The van der Waals surface area contributed by atoms with Crippen LogP contribution in [0.2, 0.25) is 0 Å². The summed E-state index contributed by atoms with van der Waals surface area (Å²) in [4.78, 5) is 34.0. The van der Waals surface area contributed by atoms with Crippen molar-refractivity contribution in [1.29, 1.82) is 0 Å². The monoisotopic (exact) mass is 423 g/mol. The molecule has 5 nitrogen and oxygen atoms in total. The summed E-state index contributed by atoms with van der Waals surface area (Å²) in [5.74, 6) is -0.566. The summed E-state index contributed by atoms with van der Waals surface area (Å²) in [6.07, 6.45) is 1.94. The summed E-state index contributed by atoms with van der Waals surface area (Å²) in [5.41, 5.74) is 4.40. The van der Waals surface area contributed by atoms with Gasteiger partial charge in [0.25, 0.3) is 5.91 Å². The largest absolute Gasteiger partial charge is 0.361 e. The van der Waals surface area contributed by atoms with Gasteiger partial charge in [0.15, 0.2) is 0 Å². The number of amides is 2. The predicted molar refractivity (Wildman–Crippen MR) is 125 cm³/mol. The van der Waals surface area contributed by atoms with Gasteiger partial charge >= 0.3 is 0 Å². The number of aromatic amines is 1. The smallest absolute Gasteiger partial charge is 0.254 e. The van der Waals surface area contributed by atoms with Gasteiger partial charge in [-0.05, 0) is 23.3 Å². The fourth-order valence-corrected chi connectivity index (χ4v) is 4.84. The van der Waals surface area contributed by atoms with Crippen molar-refractivity contribution < 1.29 is 9.59 Å². The third kappa shape index (κ3) is 3.26. The van der Waals surface area contributed by atoms with Crippen LogP contribution in [0.1, 0.15) is 39.0 Å². The molecule has 160 valence electrons. The van der Waals surface area contributed by atoms with Gasteiger partial charge in [0, 0.05) is 48.9 Å². The molecule has 5 rings (SSSR count). The Balaban J connectivity index is 1.62. The average Bonchev–Trinajstić information content (AvgIpc) is 3.25. The molecule has 0 aliphatic carbocycles. The third-order valence-corrected chi connectivity index (χ3v) is 6.42. The van der Waals surface area contributed by atoms with Crippen LogP contribution in [-0.4, -0.2) is 40.7 Å². The molecule has 32 heavy (non-hydrogen) atoms. The molecule has 0 radical (unpaired) electrons. The number of fused-ring (bicyclic) bond motifs is 2. The second kappa shape index (κ2) is 8.00. The van der Waals surface area contributed by atoms with E-state index in [1.807, 2.05) is 92.1 Å². The minimum Gasteiger partial charge on any atom is -0.361 e.